The molecule has 0 saturated carbocycles. The van der Waals surface area contributed by atoms with Gasteiger partial charge in [0.05, 0.1) is 5.52 Å². The summed E-state index contributed by atoms with van der Waals surface area (Å²) in [4.78, 5) is 24.2. The maximum atomic E-state index is 12.2. The predicted molar refractivity (Wildman–Crippen MR) is 83.1 cm³/mol. The highest BCUT2D eigenvalue weighted by Gasteiger charge is 2.10. The molecule has 0 aliphatic heterocycles. The second kappa shape index (κ2) is 5.83. The van der Waals surface area contributed by atoms with Gasteiger partial charge in [-0.3, -0.25) is 4.79 Å². The number of aromatic nitrogens is 8. The molecule has 24 heavy (non-hydrogen) atoms. The molecule has 0 bridgehead atoms. The van der Waals surface area contributed by atoms with E-state index in [-0.39, 0.29) is 12.5 Å². The van der Waals surface area contributed by atoms with Gasteiger partial charge in [-0.25, -0.2) is 24.3 Å². The number of carbonyl (C=O) groups is 1. The fourth-order valence-electron chi connectivity index (χ4n) is 2.22. The predicted octanol–water partition coefficient (Wildman–Crippen LogP) is 0.441. The first-order valence-corrected chi connectivity index (χ1v) is 7.05. The van der Waals surface area contributed by atoms with E-state index in [0.717, 1.165) is 11.0 Å². The minimum Gasteiger partial charge on any atom is -0.309 e. The summed E-state index contributed by atoms with van der Waals surface area (Å²) in [5.41, 5.74) is 1.53. The lowest BCUT2D eigenvalue weighted by atomic mass is 10.3. The van der Waals surface area contributed by atoms with Gasteiger partial charge in [0.25, 0.3) is 0 Å². The Bertz CT molecular complexity index is 992. The second-order valence-corrected chi connectivity index (χ2v) is 4.89. The van der Waals surface area contributed by atoms with Crippen LogP contribution in [0.5, 0.6) is 0 Å². The largest absolute Gasteiger partial charge is 0.309 e. The molecule has 118 valence electrons. The molecule has 0 aliphatic rings. The van der Waals surface area contributed by atoms with Crippen LogP contribution >= 0.6 is 0 Å². The molecule has 1 N–H and O–H groups in total. The molecule has 0 atom stereocenters. The topological polar surface area (TPSA) is 116 Å². The summed E-state index contributed by atoms with van der Waals surface area (Å²) in [5.74, 6) is 0.600. The number of hydrogen-bond acceptors (Lipinski definition) is 7. The SMILES string of the molecule is O=C(Cn1nnc2ccccc21)Nc1cc(-n2cncn2)ncn1. The molecule has 0 saturated heterocycles. The van der Waals surface area contributed by atoms with Crippen LogP contribution in [0.1, 0.15) is 0 Å². The fraction of sp³-hybridized carbons (Fsp3) is 0.0714. The summed E-state index contributed by atoms with van der Waals surface area (Å²) in [6.07, 6.45) is 4.25. The van der Waals surface area contributed by atoms with Crippen LogP contribution in [-0.4, -0.2) is 45.6 Å². The number of benzene rings is 1. The Morgan fingerprint density at radius 3 is 2.96 bits per heavy atom. The number of anilines is 1. The van der Waals surface area contributed by atoms with Crippen LogP contribution in [0.25, 0.3) is 16.9 Å². The van der Waals surface area contributed by atoms with E-state index in [1.807, 2.05) is 24.3 Å². The minimum absolute atomic E-state index is 0.0309. The zero-order chi connectivity index (χ0) is 16.4. The highest BCUT2D eigenvalue weighted by molar-refractivity contribution is 5.90. The Morgan fingerprint density at radius 2 is 2.08 bits per heavy atom. The molecular formula is C14H11N9O. The van der Waals surface area contributed by atoms with Gasteiger partial charge in [-0.05, 0) is 12.1 Å². The summed E-state index contributed by atoms with van der Waals surface area (Å²) < 4.78 is 3.01. The van der Waals surface area contributed by atoms with Gasteiger partial charge in [0.1, 0.15) is 36.9 Å². The minimum atomic E-state index is -0.270. The molecule has 1 aromatic carbocycles. The van der Waals surface area contributed by atoms with Crippen molar-refractivity contribution < 1.29 is 4.79 Å². The average Bonchev–Trinajstić information content (AvgIpc) is 3.26. The Kier molecular flexibility index (Phi) is 3.39. The van der Waals surface area contributed by atoms with Crippen molar-refractivity contribution >= 4 is 22.8 Å². The maximum absolute atomic E-state index is 12.2. The van der Waals surface area contributed by atoms with Crippen molar-refractivity contribution in [1.82, 2.24) is 39.7 Å². The summed E-state index contributed by atoms with van der Waals surface area (Å²) in [5, 5.41) is 14.7. The van der Waals surface area contributed by atoms with E-state index in [2.05, 4.69) is 35.7 Å². The molecule has 3 aromatic heterocycles. The number of nitrogens with one attached hydrogen (secondary N) is 1. The number of rotatable bonds is 4. The number of fused-ring (bicyclic) bond motifs is 1. The normalized spacial score (nSPS) is 10.8. The number of para-hydroxylation sites is 1. The lowest BCUT2D eigenvalue weighted by Crippen LogP contribution is -2.20. The Labute approximate surface area is 135 Å². The highest BCUT2D eigenvalue weighted by Crippen LogP contribution is 2.11. The molecule has 0 aliphatic carbocycles. The smallest absolute Gasteiger partial charge is 0.247 e. The molecule has 0 radical (unpaired) electrons. The molecule has 1 amide bonds. The Morgan fingerprint density at radius 1 is 1.17 bits per heavy atom. The van der Waals surface area contributed by atoms with Crippen LogP contribution in [0.3, 0.4) is 0 Å². The van der Waals surface area contributed by atoms with Crippen molar-refractivity contribution in [3.8, 4) is 5.82 Å². The van der Waals surface area contributed by atoms with Gasteiger partial charge in [0, 0.05) is 6.07 Å². The highest BCUT2D eigenvalue weighted by atomic mass is 16.2. The standard InChI is InChI=1S/C14H11N9O/c24-14(6-22-11-4-2-1-3-10(11)20-21-22)19-12-5-13(17-8-16-12)23-9-15-7-18-23/h1-5,7-9H,6H2,(H,16,17,19,24). The lowest BCUT2D eigenvalue weighted by molar-refractivity contribution is -0.116. The van der Waals surface area contributed by atoms with Crippen LogP contribution in [0.2, 0.25) is 0 Å². The van der Waals surface area contributed by atoms with Gasteiger partial charge in [0.15, 0.2) is 5.82 Å². The summed E-state index contributed by atoms with van der Waals surface area (Å²) in [7, 11) is 0. The summed E-state index contributed by atoms with van der Waals surface area (Å²) in [6, 6.07) is 9.04. The quantitative estimate of drug-likeness (QED) is 0.579. The molecule has 4 aromatic rings. The molecule has 4 rings (SSSR count). The van der Waals surface area contributed by atoms with E-state index >= 15 is 0 Å². The van der Waals surface area contributed by atoms with E-state index < -0.39 is 0 Å². The first kappa shape index (κ1) is 13.9. The lowest BCUT2D eigenvalue weighted by Gasteiger charge is -2.06. The zero-order valence-electron chi connectivity index (χ0n) is 12.3. The molecular weight excluding hydrogens is 310 g/mol. The maximum Gasteiger partial charge on any atom is 0.247 e. The van der Waals surface area contributed by atoms with Gasteiger partial charge >= 0.3 is 0 Å². The zero-order valence-corrected chi connectivity index (χ0v) is 12.3. The monoisotopic (exact) mass is 321 g/mol. The fourth-order valence-corrected chi connectivity index (χ4v) is 2.22. The molecule has 0 spiro atoms. The van der Waals surface area contributed by atoms with Gasteiger partial charge in [0.2, 0.25) is 5.91 Å². The van der Waals surface area contributed by atoms with Crippen LogP contribution in [0.4, 0.5) is 5.82 Å². The molecule has 10 heteroatoms. The first-order valence-electron chi connectivity index (χ1n) is 7.05. The third-order valence-electron chi connectivity index (χ3n) is 3.29. The number of hydrogen-bond donors (Lipinski definition) is 1. The van der Waals surface area contributed by atoms with E-state index in [4.69, 9.17) is 0 Å². The van der Waals surface area contributed by atoms with Crippen molar-refractivity contribution in [3.05, 3.63) is 49.3 Å². The third-order valence-corrected chi connectivity index (χ3v) is 3.29. The second-order valence-electron chi connectivity index (χ2n) is 4.89. The Balaban J connectivity index is 1.51. The van der Waals surface area contributed by atoms with E-state index in [1.54, 1.807) is 6.07 Å². The van der Waals surface area contributed by atoms with Gasteiger partial charge in [-0.1, -0.05) is 17.3 Å². The Hall–Kier alpha value is -3.69. The van der Waals surface area contributed by atoms with Crippen LogP contribution < -0.4 is 5.32 Å². The molecule has 0 fully saturated rings. The number of amides is 1. The molecule has 10 nitrogen and oxygen atoms in total. The summed E-state index contributed by atoms with van der Waals surface area (Å²) >= 11 is 0. The molecule has 3 heterocycles. The van der Waals surface area contributed by atoms with Crippen molar-refractivity contribution in [1.29, 1.82) is 0 Å². The van der Waals surface area contributed by atoms with Gasteiger partial charge in [-0.15, -0.1) is 5.10 Å². The van der Waals surface area contributed by atoms with Crippen LogP contribution in [0.15, 0.2) is 49.3 Å². The average molecular weight is 321 g/mol. The number of carbonyl (C=O) groups excluding carboxylic acids is 1. The number of nitrogens with zero attached hydrogens (tertiary/aromatic N) is 8. The van der Waals surface area contributed by atoms with Crippen molar-refractivity contribution in [2.24, 2.45) is 0 Å². The van der Waals surface area contributed by atoms with Gasteiger partial charge < -0.3 is 5.32 Å². The van der Waals surface area contributed by atoms with Gasteiger partial charge in [-0.2, -0.15) is 5.10 Å². The van der Waals surface area contributed by atoms with Crippen molar-refractivity contribution in [2.45, 2.75) is 6.54 Å². The van der Waals surface area contributed by atoms with E-state index in [1.165, 1.54) is 28.3 Å². The molecule has 0 unspecified atom stereocenters. The van der Waals surface area contributed by atoms with E-state index in [9.17, 15) is 4.79 Å². The third kappa shape index (κ3) is 2.67. The summed E-state index contributed by atoms with van der Waals surface area (Å²) in [6.45, 7) is 0.0309. The van der Waals surface area contributed by atoms with Crippen LogP contribution in [0, 0.1) is 0 Å². The van der Waals surface area contributed by atoms with Crippen molar-refractivity contribution in [3.63, 3.8) is 0 Å². The van der Waals surface area contributed by atoms with Crippen molar-refractivity contribution in [2.75, 3.05) is 5.32 Å². The van der Waals surface area contributed by atoms with E-state index in [0.29, 0.717) is 11.6 Å². The van der Waals surface area contributed by atoms with Crippen LogP contribution in [-0.2, 0) is 11.3 Å². The first-order chi connectivity index (χ1) is 11.8.